The number of nitrogens with zero attached hydrogens (tertiary/aromatic N) is 4. The van der Waals surface area contributed by atoms with E-state index in [0.29, 0.717) is 43.0 Å². The lowest BCUT2D eigenvalue weighted by molar-refractivity contribution is -0.137. The van der Waals surface area contributed by atoms with E-state index >= 15 is 0 Å². The number of aromatic nitrogens is 2. The fourth-order valence-electron chi connectivity index (χ4n) is 4.39. The number of rotatable bonds is 7. The number of piperidine rings is 1. The minimum Gasteiger partial charge on any atom is -0.390 e. The van der Waals surface area contributed by atoms with Crippen LogP contribution in [0.4, 0.5) is 22.0 Å². The Labute approximate surface area is 220 Å². The summed E-state index contributed by atoms with van der Waals surface area (Å²) < 4.78 is 67.0. The molecule has 1 aliphatic rings. The first-order valence-electron chi connectivity index (χ1n) is 12.1. The van der Waals surface area contributed by atoms with E-state index in [9.17, 15) is 31.9 Å². The second-order valence-electron chi connectivity index (χ2n) is 9.06. The maximum absolute atomic E-state index is 14.0. The van der Waals surface area contributed by atoms with Crippen molar-refractivity contribution in [1.82, 2.24) is 14.9 Å². The molecule has 0 unspecified atom stereocenters. The Hall–Kier alpha value is -3.93. The fourth-order valence-corrected chi connectivity index (χ4v) is 4.39. The van der Waals surface area contributed by atoms with Crippen LogP contribution in [0.1, 0.15) is 47.0 Å². The molecule has 7 nitrogen and oxygen atoms in total. The molecular formula is C27H25F5N4O3. The lowest BCUT2D eigenvalue weighted by atomic mass is 9.89. The second-order valence-corrected chi connectivity index (χ2v) is 9.06. The van der Waals surface area contributed by atoms with Gasteiger partial charge in [0.05, 0.1) is 24.3 Å². The summed E-state index contributed by atoms with van der Waals surface area (Å²) in [6, 6.07) is 7.63. The van der Waals surface area contributed by atoms with Crippen LogP contribution in [0.5, 0.6) is 5.75 Å². The Morgan fingerprint density at radius 1 is 1.13 bits per heavy atom. The highest BCUT2D eigenvalue weighted by molar-refractivity contribution is 6.02. The van der Waals surface area contributed by atoms with E-state index in [1.165, 1.54) is 29.3 Å². The van der Waals surface area contributed by atoms with Gasteiger partial charge in [0.2, 0.25) is 5.91 Å². The quantitative estimate of drug-likeness (QED) is 0.260. The van der Waals surface area contributed by atoms with Gasteiger partial charge in [0.25, 0.3) is 0 Å². The maximum Gasteiger partial charge on any atom is 0.416 e. The van der Waals surface area contributed by atoms with E-state index in [1.54, 1.807) is 6.92 Å². The number of aliphatic hydroxyl groups is 1. The van der Waals surface area contributed by atoms with Crippen LogP contribution in [0.25, 0.3) is 0 Å². The molecule has 0 spiro atoms. The van der Waals surface area contributed by atoms with Gasteiger partial charge in [-0.25, -0.2) is 18.7 Å². The lowest BCUT2D eigenvalue weighted by Crippen LogP contribution is -2.39. The summed E-state index contributed by atoms with van der Waals surface area (Å²) in [5, 5.41) is 13.9. The molecule has 206 valence electrons. The minimum absolute atomic E-state index is 0.0240. The number of carbonyl (C=O) groups is 1. The predicted octanol–water partition coefficient (Wildman–Crippen LogP) is 4.81. The van der Waals surface area contributed by atoms with Gasteiger partial charge in [-0.3, -0.25) is 4.79 Å². The number of amides is 1. The highest BCUT2D eigenvalue weighted by atomic mass is 19.4. The smallest absolute Gasteiger partial charge is 0.390 e. The largest absolute Gasteiger partial charge is 0.416 e. The zero-order chi connectivity index (χ0) is 28.2. The van der Waals surface area contributed by atoms with Crippen LogP contribution in [0, 0.1) is 18.6 Å². The molecule has 0 aliphatic carbocycles. The van der Waals surface area contributed by atoms with Crippen molar-refractivity contribution in [3.63, 3.8) is 0 Å². The van der Waals surface area contributed by atoms with E-state index in [-0.39, 0.29) is 22.9 Å². The Morgan fingerprint density at radius 2 is 1.79 bits per heavy atom. The van der Waals surface area contributed by atoms with E-state index in [0.717, 1.165) is 24.3 Å². The van der Waals surface area contributed by atoms with Crippen molar-refractivity contribution < 1.29 is 36.7 Å². The molecule has 1 amide bonds. The third-order valence-corrected chi connectivity index (χ3v) is 6.45. The Kier molecular flexibility index (Phi) is 8.54. The first kappa shape index (κ1) is 28.1. The number of hydrogen-bond acceptors (Lipinski definition) is 6. The molecule has 0 bridgehead atoms. The Balaban J connectivity index is 1.49. The number of oxime groups is 1. The third kappa shape index (κ3) is 6.75. The first-order chi connectivity index (χ1) is 18.6. The normalized spacial score (nSPS) is 14.9. The second kappa shape index (κ2) is 11.9. The summed E-state index contributed by atoms with van der Waals surface area (Å²) >= 11 is 0. The summed E-state index contributed by atoms with van der Waals surface area (Å²) in [6.07, 6.45) is -2.54. The third-order valence-electron chi connectivity index (χ3n) is 6.45. The van der Waals surface area contributed by atoms with Gasteiger partial charge in [-0.15, -0.1) is 0 Å². The van der Waals surface area contributed by atoms with Crippen LogP contribution in [0.15, 0.2) is 53.8 Å². The van der Waals surface area contributed by atoms with Gasteiger partial charge in [0.1, 0.15) is 23.2 Å². The molecule has 12 heteroatoms. The van der Waals surface area contributed by atoms with Crippen molar-refractivity contribution in [3.8, 4) is 5.75 Å². The van der Waals surface area contributed by atoms with E-state index in [4.69, 9.17) is 4.84 Å². The standard InChI is InChI=1S/C27H25F5N4O3/c1-16-33-14-21(24(15-37)35-39-19-5-2-4-18(12-19)27(30,31)32)26(34-16)17-8-10-36(11-9-17)25(38)13-20-22(28)6-3-7-23(20)29/h2-7,12,14,17,37H,8-11,13,15H2,1H3. The molecule has 2 aromatic carbocycles. The van der Waals surface area contributed by atoms with Gasteiger partial charge in [-0.1, -0.05) is 17.3 Å². The van der Waals surface area contributed by atoms with Crippen LogP contribution < -0.4 is 4.84 Å². The molecule has 0 atom stereocenters. The van der Waals surface area contributed by atoms with Crippen molar-refractivity contribution in [1.29, 1.82) is 0 Å². The van der Waals surface area contributed by atoms with E-state index in [1.807, 2.05) is 0 Å². The number of aryl methyl sites for hydroxylation is 1. The summed E-state index contributed by atoms with van der Waals surface area (Å²) in [5.41, 5.74) is -0.235. The van der Waals surface area contributed by atoms with Gasteiger partial charge in [0.15, 0.2) is 5.75 Å². The van der Waals surface area contributed by atoms with Crippen molar-refractivity contribution >= 4 is 11.6 Å². The molecule has 1 aliphatic heterocycles. The monoisotopic (exact) mass is 548 g/mol. The van der Waals surface area contributed by atoms with Crippen LogP contribution in [0.2, 0.25) is 0 Å². The molecule has 1 saturated heterocycles. The summed E-state index contributed by atoms with van der Waals surface area (Å²) in [5.74, 6) is -1.82. The van der Waals surface area contributed by atoms with Crippen molar-refractivity contribution in [2.45, 2.75) is 38.3 Å². The highest BCUT2D eigenvalue weighted by Gasteiger charge is 2.31. The van der Waals surface area contributed by atoms with Crippen LogP contribution in [-0.4, -0.2) is 51.3 Å². The first-order valence-corrected chi connectivity index (χ1v) is 12.1. The topological polar surface area (TPSA) is 87.9 Å². The van der Waals surface area contributed by atoms with E-state index < -0.39 is 42.3 Å². The molecule has 0 radical (unpaired) electrons. The number of likely N-dealkylation sites (tertiary alicyclic amines) is 1. The SMILES string of the molecule is Cc1ncc(C(CO)=NOc2cccc(C(F)(F)F)c2)c(C2CCN(C(=O)Cc3c(F)cccc3F)CC2)n1. The summed E-state index contributed by atoms with van der Waals surface area (Å²) in [6.45, 7) is 1.72. The molecule has 1 fully saturated rings. The maximum atomic E-state index is 14.0. The molecule has 1 aromatic heterocycles. The zero-order valence-corrected chi connectivity index (χ0v) is 20.9. The average Bonchev–Trinajstić information content (AvgIpc) is 2.91. The number of halogens is 5. The Morgan fingerprint density at radius 3 is 2.44 bits per heavy atom. The van der Waals surface area contributed by atoms with Crippen LogP contribution >= 0.6 is 0 Å². The fraction of sp³-hybridized carbons (Fsp3) is 0.333. The van der Waals surface area contributed by atoms with Gasteiger partial charge in [0, 0.05) is 36.3 Å². The van der Waals surface area contributed by atoms with E-state index in [2.05, 4.69) is 15.1 Å². The summed E-state index contributed by atoms with van der Waals surface area (Å²) in [4.78, 5) is 28.2. The molecule has 1 N–H and O–H groups in total. The lowest BCUT2D eigenvalue weighted by Gasteiger charge is -2.32. The number of carbonyl (C=O) groups excluding carboxylic acids is 1. The predicted molar refractivity (Wildman–Crippen MR) is 131 cm³/mol. The molecule has 2 heterocycles. The summed E-state index contributed by atoms with van der Waals surface area (Å²) in [7, 11) is 0. The van der Waals surface area contributed by atoms with Gasteiger partial charge < -0.3 is 14.8 Å². The molecule has 39 heavy (non-hydrogen) atoms. The number of benzene rings is 2. The minimum atomic E-state index is -4.56. The van der Waals surface area contributed by atoms with Gasteiger partial charge in [-0.05, 0) is 50.1 Å². The average molecular weight is 549 g/mol. The van der Waals surface area contributed by atoms with Gasteiger partial charge in [-0.2, -0.15) is 13.2 Å². The van der Waals surface area contributed by atoms with Gasteiger partial charge >= 0.3 is 6.18 Å². The molecular weight excluding hydrogens is 523 g/mol. The molecule has 3 aromatic rings. The number of aliphatic hydroxyl groups excluding tert-OH is 1. The number of hydrogen-bond donors (Lipinski definition) is 1. The Bertz CT molecular complexity index is 1350. The molecule has 4 rings (SSSR count). The molecule has 0 saturated carbocycles. The van der Waals surface area contributed by atoms with Crippen molar-refractivity contribution in [2.75, 3.05) is 19.7 Å². The number of alkyl halides is 3. The van der Waals surface area contributed by atoms with Crippen LogP contribution in [-0.2, 0) is 17.4 Å². The van der Waals surface area contributed by atoms with Crippen molar-refractivity contribution in [3.05, 3.63) is 88.5 Å². The van der Waals surface area contributed by atoms with Crippen molar-refractivity contribution in [2.24, 2.45) is 5.16 Å². The van der Waals surface area contributed by atoms with Crippen LogP contribution in [0.3, 0.4) is 0 Å². The zero-order valence-electron chi connectivity index (χ0n) is 20.9. The highest BCUT2D eigenvalue weighted by Crippen LogP contribution is 2.32.